The highest BCUT2D eigenvalue weighted by Crippen LogP contribution is 2.20. The number of benzene rings is 1. The van der Waals surface area contributed by atoms with E-state index in [1.54, 1.807) is 24.3 Å². The standard InChI is InChI=1S/C16H21N3O5/c1-16(24-2,15(22)23)14(21)19-9-7-18(8-10-19)12-5-3-11(4-6-12)13(17)20/h3-6H,7-10H2,1-2H3,(H2,17,20)(H,22,23). The normalized spacial score (nSPS) is 17.2. The van der Waals surface area contributed by atoms with Crippen LogP contribution >= 0.6 is 0 Å². The van der Waals surface area contributed by atoms with Gasteiger partial charge in [0.15, 0.2) is 0 Å². The number of primary amides is 1. The Morgan fingerprint density at radius 3 is 2.08 bits per heavy atom. The van der Waals surface area contributed by atoms with E-state index in [9.17, 15) is 19.5 Å². The summed E-state index contributed by atoms with van der Waals surface area (Å²) in [6.07, 6.45) is 0. The summed E-state index contributed by atoms with van der Waals surface area (Å²) in [5, 5.41) is 9.21. The highest BCUT2D eigenvalue weighted by atomic mass is 16.5. The van der Waals surface area contributed by atoms with Gasteiger partial charge in [0.05, 0.1) is 0 Å². The van der Waals surface area contributed by atoms with Crippen molar-refractivity contribution >= 4 is 23.5 Å². The van der Waals surface area contributed by atoms with Crippen LogP contribution in [0.15, 0.2) is 24.3 Å². The molecule has 0 spiro atoms. The van der Waals surface area contributed by atoms with Gasteiger partial charge in [0.25, 0.3) is 5.91 Å². The highest BCUT2D eigenvalue weighted by molar-refractivity contribution is 6.05. The van der Waals surface area contributed by atoms with E-state index in [1.165, 1.54) is 18.9 Å². The van der Waals surface area contributed by atoms with Gasteiger partial charge < -0.3 is 25.4 Å². The topological polar surface area (TPSA) is 113 Å². The monoisotopic (exact) mass is 335 g/mol. The molecule has 2 rings (SSSR count). The number of anilines is 1. The minimum absolute atomic E-state index is 0.392. The molecule has 1 saturated heterocycles. The predicted octanol–water partition coefficient (Wildman–Crippen LogP) is -0.0762. The largest absolute Gasteiger partial charge is 0.479 e. The van der Waals surface area contributed by atoms with Crippen molar-refractivity contribution in [3.05, 3.63) is 29.8 Å². The Bertz CT molecular complexity index is 638. The van der Waals surface area contributed by atoms with Gasteiger partial charge in [-0.15, -0.1) is 0 Å². The molecule has 8 nitrogen and oxygen atoms in total. The second kappa shape index (κ2) is 6.88. The molecule has 0 saturated carbocycles. The number of aliphatic carboxylic acids is 1. The lowest BCUT2D eigenvalue weighted by atomic mass is 10.0. The van der Waals surface area contributed by atoms with Crippen molar-refractivity contribution < 1.29 is 24.2 Å². The molecule has 0 bridgehead atoms. The molecule has 130 valence electrons. The summed E-state index contributed by atoms with van der Waals surface area (Å²) in [5.74, 6) is -2.34. The Kier molecular flexibility index (Phi) is 5.08. The van der Waals surface area contributed by atoms with Crippen LogP contribution < -0.4 is 10.6 Å². The SMILES string of the molecule is COC(C)(C(=O)O)C(=O)N1CCN(c2ccc(C(N)=O)cc2)CC1. The maximum atomic E-state index is 12.4. The molecule has 1 aliphatic rings. The highest BCUT2D eigenvalue weighted by Gasteiger charge is 2.45. The van der Waals surface area contributed by atoms with Gasteiger partial charge in [-0.05, 0) is 31.2 Å². The molecular formula is C16H21N3O5. The van der Waals surface area contributed by atoms with Gasteiger partial charge in [0, 0.05) is 44.5 Å². The second-order valence-corrected chi connectivity index (χ2v) is 5.73. The molecule has 1 heterocycles. The number of rotatable bonds is 5. The molecular weight excluding hydrogens is 314 g/mol. The molecule has 2 amide bonds. The van der Waals surface area contributed by atoms with Crippen molar-refractivity contribution in [1.82, 2.24) is 4.90 Å². The smallest absolute Gasteiger partial charge is 0.345 e. The number of hydrogen-bond donors (Lipinski definition) is 2. The first-order valence-electron chi connectivity index (χ1n) is 7.52. The summed E-state index contributed by atoms with van der Waals surface area (Å²) in [6.45, 7) is 3.15. The lowest BCUT2D eigenvalue weighted by Gasteiger charge is -2.38. The number of carbonyl (C=O) groups is 3. The van der Waals surface area contributed by atoms with E-state index in [-0.39, 0.29) is 0 Å². The van der Waals surface area contributed by atoms with Gasteiger partial charge in [-0.25, -0.2) is 4.79 Å². The number of ether oxygens (including phenoxy) is 1. The first kappa shape index (κ1) is 17.7. The molecule has 1 aromatic carbocycles. The van der Waals surface area contributed by atoms with Crippen LogP contribution in [0.3, 0.4) is 0 Å². The molecule has 24 heavy (non-hydrogen) atoms. The number of piperazine rings is 1. The van der Waals surface area contributed by atoms with Gasteiger partial charge >= 0.3 is 5.97 Å². The summed E-state index contributed by atoms with van der Waals surface area (Å²) in [4.78, 5) is 38.3. The third-order valence-corrected chi connectivity index (χ3v) is 4.31. The van der Waals surface area contributed by atoms with Crippen molar-refractivity contribution in [3.8, 4) is 0 Å². The molecule has 3 N–H and O–H groups in total. The molecule has 1 atom stereocenters. The lowest BCUT2D eigenvalue weighted by molar-refractivity contribution is -0.173. The number of methoxy groups -OCH3 is 1. The van der Waals surface area contributed by atoms with Crippen LogP contribution in [0, 0.1) is 0 Å². The van der Waals surface area contributed by atoms with E-state index in [0.29, 0.717) is 31.7 Å². The van der Waals surface area contributed by atoms with E-state index in [2.05, 4.69) is 4.90 Å². The van der Waals surface area contributed by atoms with Crippen LogP contribution in [0.25, 0.3) is 0 Å². The average Bonchev–Trinajstić information content (AvgIpc) is 2.60. The molecule has 1 aromatic rings. The first-order chi connectivity index (χ1) is 11.3. The Balaban J connectivity index is 2.01. The molecule has 0 radical (unpaired) electrons. The summed E-state index contributed by atoms with van der Waals surface area (Å²) < 4.78 is 4.91. The average molecular weight is 335 g/mol. The van der Waals surface area contributed by atoms with Gasteiger partial charge in [0.1, 0.15) is 0 Å². The molecule has 1 unspecified atom stereocenters. The third kappa shape index (κ3) is 3.33. The minimum Gasteiger partial charge on any atom is -0.479 e. The van der Waals surface area contributed by atoms with Crippen LogP contribution in [0.4, 0.5) is 5.69 Å². The van der Waals surface area contributed by atoms with Gasteiger partial charge in [0.2, 0.25) is 11.5 Å². The summed E-state index contributed by atoms with van der Waals surface area (Å²) in [5.41, 5.74) is 4.70. The first-order valence-corrected chi connectivity index (χ1v) is 7.52. The fourth-order valence-electron chi connectivity index (χ4n) is 2.57. The molecule has 8 heteroatoms. The number of nitrogens with zero attached hydrogens (tertiary/aromatic N) is 2. The predicted molar refractivity (Wildman–Crippen MR) is 86.8 cm³/mol. The summed E-state index contributed by atoms with van der Waals surface area (Å²) in [7, 11) is 1.21. The van der Waals surface area contributed by atoms with Crippen LogP contribution in [-0.2, 0) is 14.3 Å². The zero-order valence-corrected chi connectivity index (χ0v) is 13.7. The Morgan fingerprint density at radius 1 is 1.12 bits per heavy atom. The number of amides is 2. The Hall–Kier alpha value is -2.61. The summed E-state index contributed by atoms with van der Waals surface area (Å²) in [6, 6.07) is 6.91. The fourth-order valence-corrected chi connectivity index (χ4v) is 2.57. The number of carboxylic acid groups (broad SMARTS) is 1. The van der Waals surface area contributed by atoms with Crippen molar-refractivity contribution in [1.29, 1.82) is 0 Å². The second-order valence-electron chi connectivity index (χ2n) is 5.73. The van der Waals surface area contributed by atoms with Gasteiger partial charge in [-0.1, -0.05) is 0 Å². The lowest BCUT2D eigenvalue weighted by Crippen LogP contribution is -2.58. The molecule has 0 aliphatic carbocycles. The number of carboxylic acids is 1. The van der Waals surface area contributed by atoms with Crippen molar-refractivity contribution in [2.24, 2.45) is 5.73 Å². The van der Waals surface area contributed by atoms with E-state index < -0.39 is 23.4 Å². The number of hydrogen-bond acceptors (Lipinski definition) is 5. The van der Waals surface area contributed by atoms with Crippen molar-refractivity contribution in [2.75, 3.05) is 38.2 Å². The zero-order chi connectivity index (χ0) is 17.9. The molecule has 1 fully saturated rings. The van der Waals surface area contributed by atoms with E-state index in [4.69, 9.17) is 10.5 Å². The van der Waals surface area contributed by atoms with Crippen LogP contribution in [0.2, 0.25) is 0 Å². The summed E-state index contributed by atoms with van der Waals surface area (Å²) >= 11 is 0. The minimum atomic E-state index is -1.87. The molecule has 1 aliphatic heterocycles. The van der Waals surface area contributed by atoms with Gasteiger partial charge in [-0.3, -0.25) is 9.59 Å². The van der Waals surface area contributed by atoms with E-state index >= 15 is 0 Å². The fraction of sp³-hybridized carbons (Fsp3) is 0.438. The molecule has 0 aromatic heterocycles. The quantitative estimate of drug-likeness (QED) is 0.728. The number of carbonyl (C=O) groups excluding carboxylic acids is 2. The van der Waals surface area contributed by atoms with Crippen molar-refractivity contribution in [3.63, 3.8) is 0 Å². The van der Waals surface area contributed by atoms with Crippen LogP contribution in [-0.4, -0.2) is 66.7 Å². The van der Waals surface area contributed by atoms with Crippen LogP contribution in [0.5, 0.6) is 0 Å². The van der Waals surface area contributed by atoms with Crippen LogP contribution in [0.1, 0.15) is 17.3 Å². The maximum absolute atomic E-state index is 12.4. The third-order valence-electron chi connectivity index (χ3n) is 4.31. The van der Waals surface area contributed by atoms with Crippen molar-refractivity contribution in [2.45, 2.75) is 12.5 Å². The Morgan fingerprint density at radius 2 is 1.67 bits per heavy atom. The zero-order valence-electron chi connectivity index (χ0n) is 13.7. The number of nitrogens with two attached hydrogens (primary N) is 1. The maximum Gasteiger partial charge on any atom is 0.345 e. The van der Waals surface area contributed by atoms with E-state index in [1.807, 2.05) is 0 Å². The van der Waals surface area contributed by atoms with Gasteiger partial charge in [-0.2, -0.15) is 0 Å². The van der Waals surface area contributed by atoms with E-state index in [0.717, 1.165) is 5.69 Å². The Labute approximate surface area is 139 Å².